The van der Waals surface area contributed by atoms with Gasteiger partial charge >= 0.3 is 0 Å². The van der Waals surface area contributed by atoms with Crippen molar-refractivity contribution >= 4 is 11.4 Å². The van der Waals surface area contributed by atoms with E-state index in [4.69, 9.17) is 5.73 Å². The molecule has 104 valence electrons. The van der Waals surface area contributed by atoms with Crippen molar-refractivity contribution < 1.29 is 0 Å². The van der Waals surface area contributed by atoms with Gasteiger partial charge in [-0.3, -0.25) is 0 Å². The lowest BCUT2D eigenvalue weighted by Crippen LogP contribution is -2.42. The van der Waals surface area contributed by atoms with Crippen LogP contribution in [0.5, 0.6) is 0 Å². The minimum Gasteiger partial charge on any atom is -0.367 e. The summed E-state index contributed by atoms with van der Waals surface area (Å²) in [4.78, 5) is 4.84. The summed E-state index contributed by atoms with van der Waals surface area (Å²) >= 11 is 0. The number of rotatable bonds is 4. The molecule has 0 saturated heterocycles. The topological polar surface area (TPSA) is 32.5 Å². The maximum absolute atomic E-state index is 5.72. The molecule has 0 aromatic heterocycles. The van der Waals surface area contributed by atoms with Crippen LogP contribution in [0.25, 0.3) is 0 Å². The lowest BCUT2D eigenvalue weighted by atomic mass is 10.1. The second-order valence-electron chi connectivity index (χ2n) is 5.17. The van der Waals surface area contributed by atoms with Crippen molar-refractivity contribution in [2.75, 3.05) is 36.0 Å². The predicted octanol–water partition coefficient (Wildman–Crippen LogP) is 2.47. The number of benzene rings is 2. The zero-order valence-corrected chi connectivity index (χ0v) is 11.7. The molecule has 3 nitrogen and oxygen atoms in total. The quantitative estimate of drug-likeness (QED) is 0.923. The molecule has 3 rings (SSSR count). The number of nitrogens with zero attached hydrogens (tertiary/aromatic N) is 2. The van der Waals surface area contributed by atoms with E-state index >= 15 is 0 Å². The van der Waals surface area contributed by atoms with Crippen LogP contribution in [0.1, 0.15) is 5.56 Å². The lowest BCUT2D eigenvalue weighted by Gasteiger charge is -2.38. The molecule has 2 N–H and O–H groups in total. The lowest BCUT2D eigenvalue weighted by molar-refractivity contribution is 0.695. The molecule has 0 aliphatic carbocycles. The number of hydrogen-bond acceptors (Lipinski definition) is 3. The van der Waals surface area contributed by atoms with E-state index in [1.54, 1.807) is 0 Å². The number of hydrogen-bond donors (Lipinski definition) is 1. The van der Waals surface area contributed by atoms with Gasteiger partial charge in [-0.25, -0.2) is 0 Å². The fourth-order valence-electron chi connectivity index (χ4n) is 2.84. The average Bonchev–Trinajstić information content (AvgIpc) is 2.51. The van der Waals surface area contributed by atoms with Crippen molar-refractivity contribution in [1.82, 2.24) is 0 Å². The van der Waals surface area contributed by atoms with Gasteiger partial charge in [0, 0.05) is 32.7 Å². The molecule has 0 bridgehead atoms. The molecule has 0 atom stereocenters. The highest BCUT2D eigenvalue weighted by molar-refractivity contribution is 5.73. The first-order valence-corrected chi connectivity index (χ1v) is 7.21. The Bertz CT molecular complexity index is 553. The van der Waals surface area contributed by atoms with Crippen molar-refractivity contribution in [1.29, 1.82) is 0 Å². The smallest absolute Gasteiger partial charge is 0.0607 e. The van der Waals surface area contributed by atoms with E-state index in [9.17, 15) is 0 Å². The third-order valence-corrected chi connectivity index (χ3v) is 3.82. The first-order chi connectivity index (χ1) is 9.88. The zero-order valence-electron chi connectivity index (χ0n) is 11.7. The van der Waals surface area contributed by atoms with Crippen molar-refractivity contribution in [2.45, 2.75) is 6.54 Å². The van der Waals surface area contributed by atoms with Crippen LogP contribution < -0.4 is 15.5 Å². The van der Waals surface area contributed by atoms with Crippen LogP contribution in [0.3, 0.4) is 0 Å². The molecular formula is C17H21N3. The molecule has 0 saturated carbocycles. The molecule has 0 amide bonds. The van der Waals surface area contributed by atoms with Gasteiger partial charge in [-0.15, -0.1) is 0 Å². The van der Waals surface area contributed by atoms with Gasteiger partial charge in [0.1, 0.15) is 0 Å². The highest BCUT2D eigenvalue weighted by Crippen LogP contribution is 2.33. The van der Waals surface area contributed by atoms with E-state index in [2.05, 4.69) is 64.4 Å². The summed E-state index contributed by atoms with van der Waals surface area (Å²) in [5.41, 5.74) is 9.70. The summed E-state index contributed by atoms with van der Waals surface area (Å²) in [7, 11) is 0. The summed E-state index contributed by atoms with van der Waals surface area (Å²) in [5, 5.41) is 0. The first kappa shape index (κ1) is 13.0. The molecule has 1 heterocycles. The summed E-state index contributed by atoms with van der Waals surface area (Å²) in [6.45, 7) is 4.69. The van der Waals surface area contributed by atoms with Gasteiger partial charge in [0.05, 0.1) is 11.4 Å². The summed E-state index contributed by atoms with van der Waals surface area (Å²) in [6, 6.07) is 19.3. The van der Waals surface area contributed by atoms with Gasteiger partial charge < -0.3 is 15.5 Å². The van der Waals surface area contributed by atoms with Gasteiger partial charge in [0.25, 0.3) is 0 Å². The van der Waals surface area contributed by atoms with Gasteiger partial charge in [-0.2, -0.15) is 0 Å². The van der Waals surface area contributed by atoms with Crippen LogP contribution in [0, 0.1) is 0 Å². The van der Waals surface area contributed by atoms with Gasteiger partial charge in [-0.05, 0) is 17.7 Å². The minimum atomic E-state index is 0.701. The zero-order chi connectivity index (χ0) is 13.8. The standard InChI is InChI=1S/C17H21N3/c18-10-11-19-12-13-20(14-15-6-2-1-3-7-15)17-9-5-4-8-16(17)19/h1-9H,10-14,18H2. The van der Waals surface area contributed by atoms with Crippen LogP contribution >= 0.6 is 0 Å². The summed E-state index contributed by atoms with van der Waals surface area (Å²) in [6.07, 6.45) is 0. The maximum atomic E-state index is 5.72. The van der Waals surface area contributed by atoms with Crippen molar-refractivity contribution in [3.05, 3.63) is 60.2 Å². The predicted molar refractivity (Wildman–Crippen MR) is 85.2 cm³/mol. The fraction of sp³-hybridized carbons (Fsp3) is 0.294. The fourth-order valence-corrected chi connectivity index (χ4v) is 2.84. The van der Waals surface area contributed by atoms with E-state index < -0.39 is 0 Å². The Morgan fingerprint density at radius 1 is 0.800 bits per heavy atom. The third-order valence-electron chi connectivity index (χ3n) is 3.82. The Hall–Kier alpha value is -2.00. The molecule has 1 aliphatic rings. The van der Waals surface area contributed by atoms with Gasteiger partial charge in [0.2, 0.25) is 0 Å². The number of anilines is 2. The number of fused-ring (bicyclic) bond motifs is 1. The van der Waals surface area contributed by atoms with Gasteiger partial charge in [0.15, 0.2) is 0 Å². The Kier molecular flexibility index (Phi) is 3.88. The molecule has 0 unspecified atom stereocenters. The Balaban J connectivity index is 1.85. The molecule has 0 spiro atoms. The normalized spacial score (nSPS) is 14.2. The molecule has 20 heavy (non-hydrogen) atoms. The first-order valence-electron chi connectivity index (χ1n) is 7.21. The third kappa shape index (κ3) is 2.63. The average molecular weight is 267 g/mol. The molecule has 0 radical (unpaired) electrons. The minimum absolute atomic E-state index is 0.701. The molecule has 2 aromatic carbocycles. The van der Waals surface area contributed by atoms with E-state index in [0.717, 1.165) is 26.2 Å². The van der Waals surface area contributed by atoms with E-state index in [1.807, 2.05) is 0 Å². The van der Waals surface area contributed by atoms with Crippen LogP contribution in [-0.2, 0) is 6.54 Å². The molecule has 3 heteroatoms. The van der Waals surface area contributed by atoms with Crippen molar-refractivity contribution in [3.63, 3.8) is 0 Å². The Labute approximate surface area is 120 Å². The highest BCUT2D eigenvalue weighted by Gasteiger charge is 2.21. The largest absolute Gasteiger partial charge is 0.367 e. The Morgan fingerprint density at radius 2 is 1.40 bits per heavy atom. The Morgan fingerprint density at radius 3 is 2.10 bits per heavy atom. The van der Waals surface area contributed by atoms with Crippen LogP contribution in [0.2, 0.25) is 0 Å². The van der Waals surface area contributed by atoms with Gasteiger partial charge in [-0.1, -0.05) is 42.5 Å². The van der Waals surface area contributed by atoms with E-state index in [-0.39, 0.29) is 0 Å². The van der Waals surface area contributed by atoms with Crippen LogP contribution in [0.15, 0.2) is 54.6 Å². The van der Waals surface area contributed by atoms with Crippen molar-refractivity contribution in [3.8, 4) is 0 Å². The molecule has 1 aliphatic heterocycles. The SMILES string of the molecule is NCCN1CCN(Cc2ccccc2)c2ccccc21. The monoisotopic (exact) mass is 267 g/mol. The summed E-state index contributed by atoms with van der Waals surface area (Å²) < 4.78 is 0. The van der Waals surface area contributed by atoms with E-state index in [1.165, 1.54) is 16.9 Å². The second-order valence-corrected chi connectivity index (χ2v) is 5.17. The summed E-state index contributed by atoms with van der Waals surface area (Å²) in [5.74, 6) is 0. The molecule has 0 fully saturated rings. The van der Waals surface area contributed by atoms with Crippen LogP contribution in [-0.4, -0.2) is 26.2 Å². The number of nitrogens with two attached hydrogens (primary N) is 1. The van der Waals surface area contributed by atoms with E-state index in [0.29, 0.717) is 6.54 Å². The van der Waals surface area contributed by atoms with Crippen molar-refractivity contribution in [2.24, 2.45) is 5.73 Å². The molecule has 2 aromatic rings. The second kappa shape index (κ2) is 5.97. The highest BCUT2D eigenvalue weighted by atomic mass is 15.3. The van der Waals surface area contributed by atoms with Crippen LogP contribution in [0.4, 0.5) is 11.4 Å². The molecular weight excluding hydrogens is 246 g/mol. The number of para-hydroxylation sites is 2. The maximum Gasteiger partial charge on any atom is 0.0607 e.